The molecule has 2 amide bonds. The molecule has 2 aromatic rings. The smallest absolute Gasteiger partial charge is 0.318 e. The molecule has 6 heteroatoms. The van der Waals surface area contributed by atoms with Crippen LogP contribution in [0.1, 0.15) is 37.0 Å². The molecule has 1 aliphatic rings. The summed E-state index contributed by atoms with van der Waals surface area (Å²) in [6.45, 7) is 6.52. The van der Waals surface area contributed by atoms with Gasteiger partial charge in [-0.2, -0.15) is 0 Å². The van der Waals surface area contributed by atoms with E-state index in [1.54, 1.807) is 11.0 Å². The molecule has 28 heavy (non-hydrogen) atoms. The Kier molecular flexibility index (Phi) is 6.29. The molecular formula is C22H26FN3O2. The van der Waals surface area contributed by atoms with Gasteiger partial charge >= 0.3 is 6.03 Å². The molecule has 0 unspecified atom stereocenters. The highest BCUT2D eigenvalue weighted by molar-refractivity contribution is 6.02. The van der Waals surface area contributed by atoms with Gasteiger partial charge in [-0.25, -0.2) is 9.18 Å². The Morgan fingerprint density at radius 3 is 2.79 bits per heavy atom. The van der Waals surface area contributed by atoms with Gasteiger partial charge in [0.05, 0.1) is 12.3 Å². The van der Waals surface area contributed by atoms with Crippen molar-refractivity contribution in [2.75, 3.05) is 6.54 Å². The highest BCUT2D eigenvalue weighted by Crippen LogP contribution is 2.21. The van der Waals surface area contributed by atoms with Crippen LogP contribution >= 0.6 is 0 Å². The SMILES string of the molecule is Cc1ccccc1C1=NO[C@@H](CN(Cc2cccc(F)c2)C(=O)NC(C)C)C1. The molecule has 5 nitrogen and oxygen atoms in total. The molecule has 0 aliphatic carbocycles. The maximum Gasteiger partial charge on any atom is 0.318 e. The summed E-state index contributed by atoms with van der Waals surface area (Å²) in [5.41, 5.74) is 3.82. The number of benzene rings is 2. The Balaban J connectivity index is 1.69. The second kappa shape index (κ2) is 8.87. The van der Waals surface area contributed by atoms with E-state index in [0.717, 1.165) is 22.4 Å². The standard InChI is InChI=1S/C22H26FN3O2/c1-15(2)24-22(27)26(13-17-8-6-9-18(23)11-17)14-19-12-21(25-28-19)20-10-5-4-7-16(20)3/h4-11,15,19H,12-14H2,1-3H3,(H,24,27)/t19-/m1/s1. The Bertz CT molecular complexity index is 866. The molecule has 2 aromatic carbocycles. The number of carbonyl (C=O) groups is 1. The summed E-state index contributed by atoms with van der Waals surface area (Å²) in [6.07, 6.45) is 0.389. The highest BCUT2D eigenvalue weighted by Gasteiger charge is 2.27. The van der Waals surface area contributed by atoms with Crippen molar-refractivity contribution in [2.24, 2.45) is 5.16 Å². The molecule has 0 aromatic heterocycles. The van der Waals surface area contributed by atoms with Gasteiger partial charge in [-0.15, -0.1) is 0 Å². The first-order valence-electron chi connectivity index (χ1n) is 9.51. The lowest BCUT2D eigenvalue weighted by molar-refractivity contribution is 0.0586. The summed E-state index contributed by atoms with van der Waals surface area (Å²) in [5, 5.41) is 7.14. The van der Waals surface area contributed by atoms with Crippen LogP contribution in [0.4, 0.5) is 9.18 Å². The zero-order valence-electron chi connectivity index (χ0n) is 16.5. The zero-order chi connectivity index (χ0) is 20.1. The molecule has 0 bridgehead atoms. The lowest BCUT2D eigenvalue weighted by Gasteiger charge is -2.26. The van der Waals surface area contributed by atoms with E-state index in [0.29, 0.717) is 19.5 Å². The van der Waals surface area contributed by atoms with Crippen molar-refractivity contribution in [3.05, 3.63) is 71.0 Å². The first kappa shape index (κ1) is 19.9. The third kappa shape index (κ3) is 5.09. The number of oxime groups is 1. The van der Waals surface area contributed by atoms with Crippen LogP contribution in [-0.2, 0) is 11.4 Å². The largest absolute Gasteiger partial charge is 0.390 e. The molecule has 0 saturated carbocycles. The normalized spacial score (nSPS) is 15.9. The van der Waals surface area contributed by atoms with E-state index in [-0.39, 0.29) is 24.0 Å². The number of hydrogen-bond donors (Lipinski definition) is 1. The molecule has 148 valence electrons. The van der Waals surface area contributed by atoms with E-state index >= 15 is 0 Å². The first-order chi connectivity index (χ1) is 13.4. The average molecular weight is 383 g/mol. The predicted molar refractivity (Wildman–Crippen MR) is 108 cm³/mol. The van der Waals surface area contributed by atoms with Crippen molar-refractivity contribution in [3.63, 3.8) is 0 Å². The van der Waals surface area contributed by atoms with Crippen LogP contribution in [0.15, 0.2) is 53.7 Å². The number of carbonyl (C=O) groups excluding carboxylic acids is 1. The zero-order valence-corrected chi connectivity index (χ0v) is 16.5. The van der Waals surface area contributed by atoms with Crippen molar-refractivity contribution in [1.82, 2.24) is 10.2 Å². The van der Waals surface area contributed by atoms with Crippen molar-refractivity contribution in [1.29, 1.82) is 0 Å². The fourth-order valence-electron chi connectivity index (χ4n) is 3.24. The van der Waals surface area contributed by atoms with Crippen LogP contribution in [0, 0.1) is 12.7 Å². The number of aryl methyl sites for hydroxylation is 1. The third-order valence-electron chi connectivity index (χ3n) is 4.57. The van der Waals surface area contributed by atoms with Gasteiger partial charge in [0.1, 0.15) is 5.82 Å². The van der Waals surface area contributed by atoms with Crippen molar-refractivity contribution < 1.29 is 14.0 Å². The predicted octanol–water partition coefficient (Wildman–Crippen LogP) is 4.25. The van der Waals surface area contributed by atoms with Crippen LogP contribution in [0.2, 0.25) is 0 Å². The molecule has 0 saturated heterocycles. The number of rotatable bonds is 6. The van der Waals surface area contributed by atoms with E-state index in [1.807, 2.05) is 51.1 Å². The number of hydrogen-bond acceptors (Lipinski definition) is 3. The minimum absolute atomic E-state index is 0.00536. The molecule has 1 atom stereocenters. The number of nitrogens with one attached hydrogen (secondary N) is 1. The van der Waals surface area contributed by atoms with Crippen LogP contribution < -0.4 is 5.32 Å². The maximum absolute atomic E-state index is 13.5. The summed E-state index contributed by atoms with van der Waals surface area (Å²) in [7, 11) is 0. The molecule has 1 heterocycles. The fourth-order valence-corrected chi connectivity index (χ4v) is 3.24. The van der Waals surface area contributed by atoms with Crippen LogP contribution in [0.3, 0.4) is 0 Å². The van der Waals surface area contributed by atoms with E-state index in [1.165, 1.54) is 12.1 Å². The molecule has 0 fully saturated rings. The summed E-state index contributed by atoms with van der Waals surface area (Å²) >= 11 is 0. The Labute approximate surface area is 165 Å². The van der Waals surface area contributed by atoms with E-state index < -0.39 is 0 Å². The minimum atomic E-state index is -0.316. The van der Waals surface area contributed by atoms with Gasteiger partial charge in [0, 0.05) is 24.6 Å². The highest BCUT2D eigenvalue weighted by atomic mass is 19.1. The van der Waals surface area contributed by atoms with E-state index in [9.17, 15) is 9.18 Å². The Morgan fingerprint density at radius 1 is 1.29 bits per heavy atom. The molecule has 0 radical (unpaired) electrons. The fraction of sp³-hybridized carbons (Fsp3) is 0.364. The number of halogens is 1. The first-order valence-corrected chi connectivity index (χ1v) is 9.51. The topological polar surface area (TPSA) is 53.9 Å². The second-order valence-corrected chi connectivity index (χ2v) is 7.40. The van der Waals surface area contributed by atoms with Gasteiger partial charge in [0.15, 0.2) is 6.10 Å². The summed E-state index contributed by atoms with van der Waals surface area (Å²) in [4.78, 5) is 19.9. The van der Waals surface area contributed by atoms with Crippen molar-refractivity contribution in [3.8, 4) is 0 Å². The number of amides is 2. The lowest BCUT2D eigenvalue weighted by atomic mass is 10.0. The maximum atomic E-state index is 13.5. The van der Waals surface area contributed by atoms with Gasteiger partial charge in [-0.05, 0) is 44.0 Å². The number of urea groups is 1. The molecule has 1 N–H and O–H groups in total. The van der Waals surface area contributed by atoms with E-state index in [2.05, 4.69) is 10.5 Å². The monoisotopic (exact) mass is 383 g/mol. The van der Waals surface area contributed by atoms with Gasteiger partial charge < -0.3 is 15.1 Å². The van der Waals surface area contributed by atoms with Crippen LogP contribution in [0.5, 0.6) is 0 Å². The Morgan fingerprint density at radius 2 is 2.07 bits per heavy atom. The van der Waals surface area contributed by atoms with Crippen LogP contribution in [-0.4, -0.2) is 35.3 Å². The van der Waals surface area contributed by atoms with Crippen molar-refractivity contribution >= 4 is 11.7 Å². The van der Waals surface area contributed by atoms with Gasteiger partial charge in [-0.3, -0.25) is 0 Å². The van der Waals surface area contributed by atoms with Gasteiger partial charge in [0.25, 0.3) is 0 Å². The lowest BCUT2D eigenvalue weighted by Crippen LogP contribution is -2.45. The van der Waals surface area contributed by atoms with Gasteiger partial charge in [0.2, 0.25) is 0 Å². The number of nitrogens with zero attached hydrogens (tertiary/aromatic N) is 2. The molecule has 3 rings (SSSR count). The minimum Gasteiger partial charge on any atom is -0.390 e. The summed E-state index contributed by atoms with van der Waals surface area (Å²) in [6, 6.07) is 14.1. The van der Waals surface area contributed by atoms with Crippen LogP contribution in [0.25, 0.3) is 0 Å². The summed E-state index contributed by atoms with van der Waals surface area (Å²) in [5.74, 6) is -0.316. The van der Waals surface area contributed by atoms with Gasteiger partial charge in [-0.1, -0.05) is 41.6 Å². The Hall–Kier alpha value is -2.89. The third-order valence-corrected chi connectivity index (χ3v) is 4.57. The van der Waals surface area contributed by atoms with E-state index in [4.69, 9.17) is 4.84 Å². The average Bonchev–Trinajstić information content (AvgIpc) is 3.09. The molecular weight excluding hydrogens is 357 g/mol. The molecule has 1 aliphatic heterocycles. The van der Waals surface area contributed by atoms with Crippen molar-refractivity contribution in [2.45, 2.75) is 45.9 Å². The summed E-state index contributed by atoms with van der Waals surface area (Å²) < 4.78 is 13.5. The second-order valence-electron chi connectivity index (χ2n) is 7.40. The molecule has 0 spiro atoms. The quantitative estimate of drug-likeness (QED) is 0.811.